The number of hydrogen-bond donors (Lipinski definition) is 0. The molecule has 0 N–H and O–H groups in total. The number of aromatic nitrogens is 2. The van der Waals surface area contributed by atoms with Crippen LogP contribution in [0, 0.1) is 0 Å². The molecule has 0 unspecified atom stereocenters. The molecule has 0 fully saturated rings. The zero-order valence-electron chi connectivity index (χ0n) is 14.1. The maximum Gasteiger partial charge on any atom is 0.243 e. The van der Waals surface area contributed by atoms with E-state index in [9.17, 15) is 0 Å². The van der Waals surface area contributed by atoms with E-state index in [-0.39, 0.29) is 12.0 Å². The van der Waals surface area contributed by atoms with Gasteiger partial charge in [-0.1, -0.05) is 25.1 Å². The average Bonchev–Trinajstić information content (AvgIpc) is 3.04. The molecule has 0 saturated heterocycles. The molecule has 124 valence electrons. The smallest absolute Gasteiger partial charge is 0.243 e. The van der Waals surface area contributed by atoms with Crippen molar-refractivity contribution in [1.82, 2.24) is 15.0 Å². The first-order valence-corrected chi connectivity index (χ1v) is 7.97. The summed E-state index contributed by atoms with van der Waals surface area (Å²) >= 11 is 0. The zero-order valence-corrected chi connectivity index (χ0v) is 14.1. The highest BCUT2D eigenvalue weighted by Gasteiger charge is 2.20. The molecule has 6 heteroatoms. The number of hydrogen-bond acceptors (Lipinski definition) is 6. The summed E-state index contributed by atoms with van der Waals surface area (Å²) in [4.78, 5) is 6.65. The lowest BCUT2D eigenvalue weighted by Gasteiger charge is -2.23. The summed E-state index contributed by atoms with van der Waals surface area (Å²) in [5.74, 6) is 3.29. The van der Waals surface area contributed by atoms with E-state index < -0.39 is 0 Å². The van der Waals surface area contributed by atoms with E-state index in [1.54, 1.807) is 0 Å². The van der Waals surface area contributed by atoms with E-state index in [2.05, 4.69) is 41.9 Å². The number of benzene rings is 1. The third-order valence-corrected chi connectivity index (χ3v) is 4.03. The van der Waals surface area contributed by atoms with Gasteiger partial charge in [0, 0.05) is 12.5 Å². The van der Waals surface area contributed by atoms with Crippen LogP contribution in [0.1, 0.15) is 50.0 Å². The first-order chi connectivity index (χ1) is 11.0. The predicted molar refractivity (Wildman–Crippen MR) is 85.7 cm³/mol. The molecule has 0 aliphatic carbocycles. The van der Waals surface area contributed by atoms with Gasteiger partial charge in [-0.05, 0) is 31.7 Å². The average molecular weight is 317 g/mol. The summed E-state index contributed by atoms with van der Waals surface area (Å²) in [5.41, 5.74) is 1.16. The molecule has 1 aromatic heterocycles. The van der Waals surface area contributed by atoms with Crippen molar-refractivity contribution in [3.8, 4) is 11.5 Å². The Kier molecular flexibility index (Phi) is 4.52. The third-order valence-electron chi connectivity index (χ3n) is 4.03. The lowest BCUT2D eigenvalue weighted by Crippen LogP contribution is -2.22. The molecule has 3 rings (SSSR count). The van der Waals surface area contributed by atoms with E-state index in [0.717, 1.165) is 29.4 Å². The second-order valence-electron chi connectivity index (χ2n) is 6.21. The lowest BCUT2D eigenvalue weighted by molar-refractivity contribution is 0.170. The van der Waals surface area contributed by atoms with Gasteiger partial charge in [0.05, 0.1) is 6.04 Å². The van der Waals surface area contributed by atoms with Gasteiger partial charge in [0.15, 0.2) is 17.3 Å². The molecule has 1 atom stereocenters. The summed E-state index contributed by atoms with van der Waals surface area (Å²) in [6, 6.07) is 6.10. The molecular weight excluding hydrogens is 294 g/mol. The molecule has 0 amide bonds. The third kappa shape index (κ3) is 3.47. The molecule has 2 aromatic rings. The Morgan fingerprint density at radius 3 is 2.57 bits per heavy atom. The highest BCUT2D eigenvalue weighted by atomic mass is 16.6. The second-order valence-corrected chi connectivity index (χ2v) is 6.21. The van der Waals surface area contributed by atoms with Crippen LogP contribution in [0.5, 0.6) is 11.5 Å². The van der Waals surface area contributed by atoms with Gasteiger partial charge < -0.3 is 14.0 Å². The summed E-state index contributed by atoms with van der Waals surface area (Å²) in [7, 11) is 2.04. The summed E-state index contributed by atoms with van der Waals surface area (Å²) in [5, 5.41) is 4.03. The van der Waals surface area contributed by atoms with Gasteiger partial charge in [0.2, 0.25) is 5.89 Å². The van der Waals surface area contributed by atoms with E-state index in [1.807, 2.05) is 19.2 Å². The summed E-state index contributed by atoms with van der Waals surface area (Å²) in [6.45, 7) is 8.14. The molecule has 6 nitrogen and oxygen atoms in total. The lowest BCUT2D eigenvalue weighted by atomic mass is 10.1. The van der Waals surface area contributed by atoms with Crippen LogP contribution < -0.4 is 9.47 Å². The molecule has 0 bridgehead atoms. The molecule has 1 aliphatic heterocycles. The van der Waals surface area contributed by atoms with Gasteiger partial charge in [-0.2, -0.15) is 4.98 Å². The van der Waals surface area contributed by atoms with Crippen LogP contribution in [0.3, 0.4) is 0 Å². The standard InChI is InChI=1S/C17H23N3O3/c1-11(2)16-18-17(23-19-16)12(3)20(4)10-13-5-6-14-15(9-13)22-8-7-21-14/h5-6,9,11-12H,7-8,10H2,1-4H3/t12-/m0/s1. The van der Waals surface area contributed by atoms with Crippen LogP contribution in [-0.2, 0) is 6.54 Å². The second kappa shape index (κ2) is 6.58. The number of fused-ring (bicyclic) bond motifs is 1. The Morgan fingerprint density at radius 2 is 1.87 bits per heavy atom. The molecule has 0 radical (unpaired) electrons. The molecular formula is C17H23N3O3. The topological polar surface area (TPSA) is 60.6 Å². The number of ether oxygens (including phenoxy) is 2. The molecule has 0 spiro atoms. The Labute approximate surface area is 136 Å². The minimum atomic E-state index is 0.0446. The van der Waals surface area contributed by atoms with Crippen molar-refractivity contribution in [2.75, 3.05) is 20.3 Å². The maximum atomic E-state index is 5.64. The first kappa shape index (κ1) is 15.8. The van der Waals surface area contributed by atoms with Crippen LogP contribution in [0.4, 0.5) is 0 Å². The van der Waals surface area contributed by atoms with E-state index in [0.29, 0.717) is 19.1 Å². The van der Waals surface area contributed by atoms with Gasteiger partial charge in [0.25, 0.3) is 0 Å². The van der Waals surface area contributed by atoms with E-state index >= 15 is 0 Å². The van der Waals surface area contributed by atoms with Crippen molar-refractivity contribution in [1.29, 1.82) is 0 Å². The van der Waals surface area contributed by atoms with Gasteiger partial charge in [-0.15, -0.1) is 0 Å². The van der Waals surface area contributed by atoms with E-state index in [1.165, 1.54) is 0 Å². The number of nitrogens with zero attached hydrogens (tertiary/aromatic N) is 3. The Balaban J connectivity index is 1.69. The van der Waals surface area contributed by atoms with Crippen molar-refractivity contribution in [2.24, 2.45) is 0 Å². The minimum absolute atomic E-state index is 0.0446. The highest BCUT2D eigenvalue weighted by molar-refractivity contribution is 5.43. The van der Waals surface area contributed by atoms with Crippen molar-refractivity contribution >= 4 is 0 Å². The fourth-order valence-corrected chi connectivity index (χ4v) is 2.45. The quantitative estimate of drug-likeness (QED) is 0.844. The SMILES string of the molecule is CC(C)c1noc([C@H](C)N(C)Cc2ccc3c(c2)OCCO3)n1. The largest absolute Gasteiger partial charge is 0.486 e. The Bertz CT molecular complexity index is 669. The maximum absolute atomic E-state index is 5.64. The van der Waals surface area contributed by atoms with Gasteiger partial charge >= 0.3 is 0 Å². The molecule has 2 heterocycles. The first-order valence-electron chi connectivity index (χ1n) is 7.97. The molecule has 23 heavy (non-hydrogen) atoms. The molecule has 1 aromatic carbocycles. The van der Waals surface area contributed by atoms with Gasteiger partial charge in [-0.25, -0.2) is 0 Å². The molecule has 1 aliphatic rings. The van der Waals surface area contributed by atoms with Crippen LogP contribution in [-0.4, -0.2) is 35.3 Å². The van der Waals surface area contributed by atoms with Crippen molar-refractivity contribution in [3.05, 3.63) is 35.5 Å². The predicted octanol–water partition coefficient (Wildman–Crippen LogP) is 3.16. The van der Waals surface area contributed by atoms with Crippen molar-refractivity contribution in [2.45, 2.75) is 39.3 Å². The Hall–Kier alpha value is -2.08. The van der Waals surface area contributed by atoms with Gasteiger partial charge in [0.1, 0.15) is 13.2 Å². The van der Waals surface area contributed by atoms with Crippen LogP contribution in [0.2, 0.25) is 0 Å². The van der Waals surface area contributed by atoms with E-state index in [4.69, 9.17) is 14.0 Å². The number of rotatable bonds is 5. The summed E-state index contributed by atoms with van der Waals surface area (Å²) < 4.78 is 16.6. The monoisotopic (exact) mass is 317 g/mol. The Morgan fingerprint density at radius 1 is 1.13 bits per heavy atom. The zero-order chi connectivity index (χ0) is 16.4. The van der Waals surface area contributed by atoms with Crippen LogP contribution in [0.25, 0.3) is 0 Å². The fourth-order valence-electron chi connectivity index (χ4n) is 2.45. The highest BCUT2D eigenvalue weighted by Crippen LogP contribution is 2.31. The van der Waals surface area contributed by atoms with Crippen LogP contribution in [0.15, 0.2) is 22.7 Å². The normalized spacial score (nSPS) is 15.2. The fraction of sp³-hybridized carbons (Fsp3) is 0.529. The van der Waals surface area contributed by atoms with Crippen molar-refractivity contribution in [3.63, 3.8) is 0 Å². The molecule has 0 saturated carbocycles. The van der Waals surface area contributed by atoms with Crippen LogP contribution >= 0.6 is 0 Å². The minimum Gasteiger partial charge on any atom is -0.486 e. The summed E-state index contributed by atoms with van der Waals surface area (Å²) in [6.07, 6.45) is 0. The van der Waals surface area contributed by atoms with Gasteiger partial charge in [-0.3, -0.25) is 4.90 Å². The van der Waals surface area contributed by atoms with Crippen molar-refractivity contribution < 1.29 is 14.0 Å².